The highest BCUT2D eigenvalue weighted by Gasteiger charge is 2.45. The zero-order valence-corrected chi connectivity index (χ0v) is 12.8. The summed E-state index contributed by atoms with van der Waals surface area (Å²) in [7, 11) is 0. The molecule has 1 aliphatic heterocycles. The molecule has 1 aromatic heterocycles. The van der Waals surface area contributed by atoms with Crippen LogP contribution < -0.4 is 5.32 Å². The minimum atomic E-state index is -0.829. The Balaban J connectivity index is 2.35. The molecule has 2 unspecified atom stereocenters. The van der Waals surface area contributed by atoms with Crippen LogP contribution in [-0.4, -0.2) is 28.3 Å². The van der Waals surface area contributed by atoms with E-state index in [0.29, 0.717) is 0 Å². The molecule has 0 bridgehead atoms. The van der Waals surface area contributed by atoms with Crippen LogP contribution in [0, 0.1) is 6.92 Å². The maximum Gasteiger partial charge on any atom is 0.248 e. The Kier molecular flexibility index (Phi) is 3.43. The smallest absolute Gasteiger partial charge is 0.248 e. The number of thiophene rings is 1. The fourth-order valence-corrected chi connectivity index (χ4v) is 3.35. The van der Waals surface area contributed by atoms with Crippen molar-refractivity contribution >= 4 is 23.2 Å². The first kappa shape index (κ1) is 14.1. The van der Waals surface area contributed by atoms with Gasteiger partial charge in [0.1, 0.15) is 11.6 Å². The molecule has 1 saturated heterocycles. The highest BCUT2D eigenvalue weighted by Crippen LogP contribution is 2.32. The van der Waals surface area contributed by atoms with Crippen molar-refractivity contribution in [3.05, 3.63) is 21.9 Å². The lowest BCUT2D eigenvalue weighted by atomic mass is 9.95. The Labute approximate surface area is 117 Å². The topological polar surface area (TPSA) is 49.4 Å². The summed E-state index contributed by atoms with van der Waals surface area (Å²) >= 11 is 1.67. The molecule has 1 fully saturated rings. The molecule has 0 radical (unpaired) electrons. The second-order valence-corrected chi connectivity index (χ2v) is 6.95. The van der Waals surface area contributed by atoms with Crippen LogP contribution in [0.15, 0.2) is 12.1 Å². The summed E-state index contributed by atoms with van der Waals surface area (Å²) in [6.07, 6.45) is 0. The normalized spacial score (nSPS) is 24.3. The van der Waals surface area contributed by atoms with Gasteiger partial charge in [-0.25, -0.2) is 0 Å². The van der Waals surface area contributed by atoms with Crippen LogP contribution >= 0.6 is 11.3 Å². The average Bonchev–Trinajstić information content (AvgIpc) is 2.73. The molecule has 0 saturated carbocycles. The van der Waals surface area contributed by atoms with Gasteiger partial charge >= 0.3 is 0 Å². The number of rotatable bonds is 2. The van der Waals surface area contributed by atoms with Crippen LogP contribution in [0.4, 0.5) is 0 Å². The van der Waals surface area contributed by atoms with E-state index < -0.39 is 11.6 Å². The number of aryl methyl sites for hydroxylation is 1. The van der Waals surface area contributed by atoms with Gasteiger partial charge in [0.15, 0.2) is 0 Å². The summed E-state index contributed by atoms with van der Waals surface area (Å²) in [6.45, 7) is 9.30. The Bertz CT molecular complexity index is 521. The number of nitrogens with zero attached hydrogens (tertiary/aromatic N) is 1. The molecule has 4 nitrogen and oxygen atoms in total. The molecular weight excluding hydrogens is 260 g/mol. The van der Waals surface area contributed by atoms with Gasteiger partial charge in [-0.15, -0.1) is 11.3 Å². The molecule has 2 rings (SSSR count). The van der Waals surface area contributed by atoms with E-state index in [0.717, 1.165) is 4.88 Å². The number of piperazine rings is 1. The zero-order valence-electron chi connectivity index (χ0n) is 12.0. The molecule has 0 spiro atoms. The molecule has 1 N–H and O–H groups in total. The standard InChI is InChI=1S/C14H20N2O2S/c1-8-6-7-11(19-8)9(2)16-10(3)12(17)15-14(4,5)13(16)18/h6-7,9-10H,1-5H3,(H,15,17). The second-order valence-electron chi connectivity index (χ2n) is 5.63. The molecule has 0 aliphatic carbocycles. The maximum absolute atomic E-state index is 12.5. The SMILES string of the molecule is Cc1ccc(C(C)N2C(=O)C(C)(C)NC(=O)C2C)s1. The van der Waals surface area contributed by atoms with Crippen molar-refractivity contribution in [2.45, 2.75) is 52.2 Å². The summed E-state index contributed by atoms with van der Waals surface area (Å²) in [5.41, 5.74) is -0.829. The van der Waals surface area contributed by atoms with Crippen molar-refractivity contribution in [2.24, 2.45) is 0 Å². The molecule has 1 aromatic rings. The lowest BCUT2D eigenvalue weighted by molar-refractivity contribution is -0.155. The van der Waals surface area contributed by atoms with E-state index in [1.165, 1.54) is 4.88 Å². The summed E-state index contributed by atoms with van der Waals surface area (Å²) < 4.78 is 0. The van der Waals surface area contributed by atoms with Gasteiger partial charge in [-0.05, 0) is 46.8 Å². The van der Waals surface area contributed by atoms with Gasteiger partial charge in [0.2, 0.25) is 11.8 Å². The Morgan fingerprint density at radius 1 is 1.37 bits per heavy atom. The molecule has 5 heteroatoms. The zero-order chi connectivity index (χ0) is 14.4. The van der Waals surface area contributed by atoms with E-state index in [1.807, 2.05) is 26.0 Å². The number of hydrogen-bond donors (Lipinski definition) is 1. The Morgan fingerprint density at radius 2 is 2.00 bits per heavy atom. The van der Waals surface area contributed by atoms with Crippen molar-refractivity contribution in [2.75, 3.05) is 0 Å². The maximum atomic E-state index is 12.5. The molecule has 19 heavy (non-hydrogen) atoms. The number of hydrogen-bond acceptors (Lipinski definition) is 3. The van der Waals surface area contributed by atoms with E-state index in [2.05, 4.69) is 5.32 Å². The predicted octanol–water partition coefficient (Wildman–Crippen LogP) is 2.24. The van der Waals surface area contributed by atoms with E-state index in [4.69, 9.17) is 0 Å². The summed E-state index contributed by atoms with van der Waals surface area (Å²) in [5, 5.41) is 2.77. The molecule has 0 aromatic carbocycles. The first-order valence-electron chi connectivity index (χ1n) is 6.45. The minimum Gasteiger partial charge on any atom is -0.340 e. The third-order valence-corrected chi connectivity index (χ3v) is 4.76. The number of nitrogens with one attached hydrogen (secondary N) is 1. The van der Waals surface area contributed by atoms with Gasteiger partial charge in [-0.2, -0.15) is 0 Å². The first-order chi connectivity index (χ1) is 8.74. The Morgan fingerprint density at radius 3 is 2.53 bits per heavy atom. The lowest BCUT2D eigenvalue weighted by Gasteiger charge is -2.44. The third-order valence-electron chi connectivity index (χ3n) is 3.59. The van der Waals surface area contributed by atoms with Gasteiger partial charge < -0.3 is 10.2 Å². The monoisotopic (exact) mass is 280 g/mol. The van der Waals surface area contributed by atoms with Crippen LogP contribution in [0.25, 0.3) is 0 Å². The second kappa shape index (κ2) is 4.63. The molecular formula is C14H20N2O2S. The van der Waals surface area contributed by atoms with Gasteiger partial charge in [0.05, 0.1) is 6.04 Å². The summed E-state index contributed by atoms with van der Waals surface area (Å²) in [5.74, 6) is -0.122. The van der Waals surface area contributed by atoms with Crippen molar-refractivity contribution in [1.82, 2.24) is 10.2 Å². The third kappa shape index (κ3) is 2.39. The molecule has 2 amide bonds. The Hall–Kier alpha value is -1.36. The van der Waals surface area contributed by atoms with E-state index in [-0.39, 0.29) is 17.9 Å². The van der Waals surface area contributed by atoms with Gasteiger partial charge in [0.25, 0.3) is 0 Å². The number of carbonyl (C=O) groups is 2. The van der Waals surface area contributed by atoms with Crippen LogP contribution in [0.1, 0.15) is 43.5 Å². The van der Waals surface area contributed by atoms with Gasteiger partial charge in [0, 0.05) is 9.75 Å². The first-order valence-corrected chi connectivity index (χ1v) is 7.27. The quantitative estimate of drug-likeness (QED) is 0.903. The highest BCUT2D eigenvalue weighted by molar-refractivity contribution is 7.12. The van der Waals surface area contributed by atoms with E-state index >= 15 is 0 Å². The largest absolute Gasteiger partial charge is 0.340 e. The molecule has 104 valence electrons. The molecule has 1 aliphatic rings. The number of carbonyl (C=O) groups excluding carboxylic acids is 2. The minimum absolute atomic E-state index is 0.0295. The van der Waals surface area contributed by atoms with Crippen molar-refractivity contribution < 1.29 is 9.59 Å². The van der Waals surface area contributed by atoms with Gasteiger partial charge in [-0.3, -0.25) is 9.59 Å². The van der Waals surface area contributed by atoms with Crippen molar-refractivity contribution in [3.8, 4) is 0 Å². The van der Waals surface area contributed by atoms with E-state index in [1.54, 1.807) is 37.0 Å². The molecule has 2 atom stereocenters. The van der Waals surface area contributed by atoms with E-state index in [9.17, 15) is 9.59 Å². The van der Waals surface area contributed by atoms with Gasteiger partial charge in [-0.1, -0.05) is 0 Å². The fourth-order valence-electron chi connectivity index (χ4n) is 2.42. The average molecular weight is 280 g/mol. The highest BCUT2D eigenvalue weighted by atomic mass is 32.1. The molecule has 2 heterocycles. The summed E-state index contributed by atoms with van der Waals surface area (Å²) in [6, 6.07) is 3.56. The van der Waals surface area contributed by atoms with Crippen LogP contribution in [0.3, 0.4) is 0 Å². The lowest BCUT2D eigenvalue weighted by Crippen LogP contribution is -2.67. The summed E-state index contributed by atoms with van der Waals surface area (Å²) in [4.78, 5) is 28.6. The van der Waals surface area contributed by atoms with Crippen molar-refractivity contribution in [3.63, 3.8) is 0 Å². The number of amides is 2. The predicted molar refractivity (Wildman–Crippen MR) is 76.0 cm³/mol. The van der Waals surface area contributed by atoms with Crippen molar-refractivity contribution in [1.29, 1.82) is 0 Å². The van der Waals surface area contributed by atoms with Crippen LogP contribution in [0.2, 0.25) is 0 Å². The van der Waals surface area contributed by atoms with Crippen LogP contribution in [-0.2, 0) is 9.59 Å². The fraction of sp³-hybridized carbons (Fsp3) is 0.571. The van der Waals surface area contributed by atoms with Crippen LogP contribution in [0.5, 0.6) is 0 Å².